The monoisotopic (exact) mass is 292 g/mol. The van der Waals surface area contributed by atoms with E-state index < -0.39 is 11.1 Å². The van der Waals surface area contributed by atoms with Crippen LogP contribution in [0.4, 0.5) is 0 Å². The molecular formula is C15H17ClN2O2. The molecule has 0 aliphatic rings. The molecule has 0 radical (unpaired) electrons. The molecule has 0 saturated heterocycles. The van der Waals surface area contributed by atoms with E-state index in [2.05, 4.69) is 0 Å². The summed E-state index contributed by atoms with van der Waals surface area (Å²) in [7, 11) is 0. The van der Waals surface area contributed by atoms with E-state index in [1.54, 1.807) is 30.6 Å². The fourth-order valence-corrected chi connectivity index (χ4v) is 2.23. The summed E-state index contributed by atoms with van der Waals surface area (Å²) in [5.74, 6) is 0. The van der Waals surface area contributed by atoms with Crippen molar-refractivity contribution in [2.24, 2.45) is 0 Å². The van der Waals surface area contributed by atoms with Gasteiger partial charge in [-0.05, 0) is 31.0 Å². The van der Waals surface area contributed by atoms with Crippen LogP contribution in [0.1, 0.15) is 25.3 Å². The van der Waals surface area contributed by atoms with Gasteiger partial charge in [-0.2, -0.15) is 0 Å². The Morgan fingerprint density at radius 2 is 1.90 bits per heavy atom. The maximum absolute atomic E-state index is 12.2. The van der Waals surface area contributed by atoms with Gasteiger partial charge in [0.2, 0.25) is 0 Å². The van der Waals surface area contributed by atoms with Crippen LogP contribution in [0, 0.1) is 6.92 Å². The zero-order valence-electron chi connectivity index (χ0n) is 11.6. The highest BCUT2D eigenvalue weighted by atomic mass is 35.5. The molecule has 2 aromatic rings. The smallest absolute Gasteiger partial charge is 0.309 e. The molecule has 0 bridgehead atoms. The number of hydrogen-bond donors (Lipinski definition) is 0. The lowest BCUT2D eigenvalue weighted by atomic mass is 10.2. The van der Waals surface area contributed by atoms with Gasteiger partial charge in [0, 0.05) is 24.0 Å². The Morgan fingerprint density at radius 3 is 2.60 bits per heavy atom. The first kappa shape index (κ1) is 14.6. The van der Waals surface area contributed by atoms with Crippen molar-refractivity contribution >= 4 is 11.6 Å². The van der Waals surface area contributed by atoms with Crippen molar-refractivity contribution < 1.29 is 0 Å². The van der Waals surface area contributed by atoms with Gasteiger partial charge in [-0.15, -0.1) is 0 Å². The Labute approximate surface area is 122 Å². The van der Waals surface area contributed by atoms with Gasteiger partial charge in [0.15, 0.2) is 0 Å². The van der Waals surface area contributed by atoms with Crippen molar-refractivity contribution in [1.82, 2.24) is 9.13 Å². The van der Waals surface area contributed by atoms with Crippen molar-refractivity contribution in [2.45, 2.75) is 33.2 Å². The van der Waals surface area contributed by atoms with Crippen LogP contribution in [-0.4, -0.2) is 9.13 Å². The van der Waals surface area contributed by atoms with Crippen LogP contribution in [-0.2, 0) is 6.54 Å². The summed E-state index contributed by atoms with van der Waals surface area (Å²) in [5.41, 5.74) is 0.374. The normalized spacial score (nSPS) is 10.8. The van der Waals surface area contributed by atoms with E-state index in [9.17, 15) is 9.59 Å². The molecule has 1 heterocycles. The fourth-order valence-electron chi connectivity index (χ4n) is 2.06. The number of benzene rings is 1. The highest BCUT2D eigenvalue weighted by Crippen LogP contribution is 2.20. The van der Waals surface area contributed by atoms with Crippen LogP contribution in [0.2, 0.25) is 5.02 Å². The number of halogens is 1. The molecule has 4 nitrogen and oxygen atoms in total. The molecule has 0 fully saturated rings. The third kappa shape index (κ3) is 2.70. The molecule has 0 unspecified atom stereocenters. The Kier molecular flexibility index (Phi) is 4.45. The number of unbranched alkanes of at least 4 members (excludes halogenated alkanes) is 1. The summed E-state index contributed by atoms with van der Waals surface area (Å²) >= 11 is 6.06. The van der Waals surface area contributed by atoms with Crippen LogP contribution in [0.3, 0.4) is 0 Å². The summed E-state index contributed by atoms with van der Waals surface area (Å²) in [5, 5.41) is 0.574. The van der Waals surface area contributed by atoms with Crippen molar-refractivity contribution in [2.75, 3.05) is 0 Å². The minimum absolute atomic E-state index is 0.500. The highest BCUT2D eigenvalue weighted by molar-refractivity contribution is 6.31. The molecule has 0 atom stereocenters. The molecule has 106 valence electrons. The number of nitrogens with zero attached hydrogens (tertiary/aromatic N) is 2. The van der Waals surface area contributed by atoms with Crippen LogP contribution < -0.4 is 11.1 Å². The lowest BCUT2D eigenvalue weighted by Gasteiger charge is -2.11. The Balaban J connectivity index is 2.55. The van der Waals surface area contributed by atoms with Crippen molar-refractivity contribution in [3.63, 3.8) is 0 Å². The second kappa shape index (κ2) is 6.09. The molecule has 0 aliphatic carbocycles. The molecule has 20 heavy (non-hydrogen) atoms. The summed E-state index contributed by atoms with van der Waals surface area (Å²) < 4.78 is 2.81. The number of aromatic nitrogens is 2. The van der Waals surface area contributed by atoms with Gasteiger partial charge in [0.05, 0.1) is 5.69 Å². The van der Waals surface area contributed by atoms with Gasteiger partial charge >= 0.3 is 11.1 Å². The molecule has 0 amide bonds. The van der Waals surface area contributed by atoms with E-state index in [0.717, 1.165) is 18.4 Å². The topological polar surface area (TPSA) is 44.0 Å². The van der Waals surface area contributed by atoms with Gasteiger partial charge in [0.25, 0.3) is 0 Å². The van der Waals surface area contributed by atoms with E-state index in [1.165, 1.54) is 9.13 Å². The van der Waals surface area contributed by atoms with E-state index >= 15 is 0 Å². The predicted octanol–water partition coefficient (Wildman–Crippen LogP) is 2.76. The molecule has 5 heteroatoms. The lowest BCUT2D eigenvalue weighted by Crippen LogP contribution is -2.40. The van der Waals surface area contributed by atoms with Gasteiger partial charge in [-0.1, -0.05) is 31.0 Å². The molecule has 1 aromatic heterocycles. The van der Waals surface area contributed by atoms with Gasteiger partial charge in [0.1, 0.15) is 0 Å². The first-order chi connectivity index (χ1) is 9.56. The number of rotatable bonds is 4. The SMILES string of the molecule is CCCCn1ccn(-c2cccc(Cl)c2C)c(=O)c1=O. The second-order valence-corrected chi connectivity index (χ2v) is 5.12. The average Bonchev–Trinajstić information content (AvgIpc) is 2.44. The Morgan fingerprint density at radius 1 is 1.15 bits per heavy atom. The molecule has 0 aliphatic heterocycles. The zero-order chi connectivity index (χ0) is 14.7. The first-order valence-electron chi connectivity index (χ1n) is 6.64. The van der Waals surface area contributed by atoms with Gasteiger partial charge in [-0.25, -0.2) is 0 Å². The number of hydrogen-bond acceptors (Lipinski definition) is 2. The molecule has 2 rings (SSSR count). The van der Waals surface area contributed by atoms with E-state index in [-0.39, 0.29) is 0 Å². The summed E-state index contributed by atoms with van der Waals surface area (Å²) in [6.07, 6.45) is 5.13. The molecule has 0 N–H and O–H groups in total. The third-order valence-corrected chi connectivity index (χ3v) is 3.72. The maximum Gasteiger partial charge on any atom is 0.320 e. The molecule has 1 aromatic carbocycles. The second-order valence-electron chi connectivity index (χ2n) is 4.71. The van der Waals surface area contributed by atoms with Crippen molar-refractivity contribution in [3.05, 3.63) is 61.9 Å². The minimum Gasteiger partial charge on any atom is -0.309 e. The Hall–Kier alpha value is -1.81. The average molecular weight is 293 g/mol. The third-order valence-electron chi connectivity index (χ3n) is 3.31. The molecular weight excluding hydrogens is 276 g/mol. The van der Waals surface area contributed by atoms with Crippen LogP contribution in [0.25, 0.3) is 5.69 Å². The standard InChI is InChI=1S/C15H17ClN2O2/c1-3-4-8-17-9-10-18(15(20)14(17)19)13-7-5-6-12(16)11(13)2/h5-7,9-10H,3-4,8H2,1-2H3. The van der Waals surface area contributed by atoms with E-state index in [4.69, 9.17) is 11.6 Å². The molecule has 0 spiro atoms. The fraction of sp³-hybridized carbons (Fsp3) is 0.333. The summed E-state index contributed by atoms with van der Waals surface area (Å²) in [4.78, 5) is 24.3. The quantitative estimate of drug-likeness (QED) is 0.813. The van der Waals surface area contributed by atoms with Gasteiger partial charge in [-0.3, -0.25) is 14.2 Å². The summed E-state index contributed by atoms with van der Waals surface area (Å²) in [6.45, 7) is 4.44. The molecule has 0 saturated carbocycles. The highest BCUT2D eigenvalue weighted by Gasteiger charge is 2.09. The minimum atomic E-state index is -0.547. The van der Waals surface area contributed by atoms with E-state index in [1.807, 2.05) is 13.8 Å². The lowest BCUT2D eigenvalue weighted by molar-refractivity contribution is 0.598. The zero-order valence-corrected chi connectivity index (χ0v) is 12.4. The van der Waals surface area contributed by atoms with Crippen LogP contribution in [0.15, 0.2) is 40.2 Å². The predicted molar refractivity (Wildman–Crippen MR) is 81.0 cm³/mol. The van der Waals surface area contributed by atoms with E-state index in [0.29, 0.717) is 17.3 Å². The van der Waals surface area contributed by atoms with Crippen LogP contribution >= 0.6 is 11.6 Å². The van der Waals surface area contributed by atoms with Crippen molar-refractivity contribution in [1.29, 1.82) is 0 Å². The van der Waals surface area contributed by atoms with Crippen LogP contribution in [0.5, 0.6) is 0 Å². The van der Waals surface area contributed by atoms with Gasteiger partial charge < -0.3 is 4.57 Å². The Bertz CT molecular complexity index is 731. The number of aryl methyl sites for hydroxylation is 1. The largest absolute Gasteiger partial charge is 0.320 e. The first-order valence-corrected chi connectivity index (χ1v) is 7.01. The summed E-state index contributed by atoms with van der Waals surface area (Å²) in [6, 6.07) is 5.30. The van der Waals surface area contributed by atoms with Crippen molar-refractivity contribution in [3.8, 4) is 5.69 Å². The maximum atomic E-state index is 12.2.